The molecule has 0 aliphatic heterocycles. The van der Waals surface area contributed by atoms with Crippen LogP contribution in [0.15, 0.2) is 30.3 Å². The Hall–Kier alpha value is -0.900. The van der Waals surface area contributed by atoms with Crippen LogP contribution in [-0.2, 0) is 6.42 Å². The van der Waals surface area contributed by atoms with Gasteiger partial charge in [-0.15, -0.1) is 11.3 Å². The van der Waals surface area contributed by atoms with Crippen molar-refractivity contribution in [2.75, 3.05) is 13.6 Å². The van der Waals surface area contributed by atoms with E-state index in [1.165, 1.54) is 0 Å². The first-order valence-electron chi connectivity index (χ1n) is 5.16. The molecule has 16 heavy (non-hydrogen) atoms. The van der Waals surface area contributed by atoms with Crippen LogP contribution in [0.25, 0.3) is 10.6 Å². The Morgan fingerprint density at radius 1 is 1.31 bits per heavy atom. The fourth-order valence-electron chi connectivity index (χ4n) is 1.43. The second-order valence-electron chi connectivity index (χ2n) is 3.46. The zero-order chi connectivity index (χ0) is 11.4. The van der Waals surface area contributed by atoms with Crippen molar-refractivity contribution >= 4 is 22.9 Å². The Labute approximate surface area is 104 Å². The Morgan fingerprint density at radius 2 is 2.06 bits per heavy atom. The lowest BCUT2D eigenvalue weighted by Crippen LogP contribution is -2.10. The first kappa shape index (κ1) is 11.6. The number of hydrogen-bond acceptors (Lipinski definition) is 3. The zero-order valence-electron chi connectivity index (χ0n) is 9.03. The number of halogens is 1. The Kier molecular flexibility index (Phi) is 3.93. The minimum absolute atomic E-state index is 0.800. The highest BCUT2D eigenvalue weighted by Gasteiger charge is 2.09. The van der Waals surface area contributed by atoms with Gasteiger partial charge in [-0.3, -0.25) is 0 Å². The molecule has 2 nitrogen and oxygen atoms in total. The molecule has 0 atom stereocenters. The van der Waals surface area contributed by atoms with Gasteiger partial charge >= 0.3 is 0 Å². The van der Waals surface area contributed by atoms with E-state index in [1.54, 1.807) is 11.3 Å². The van der Waals surface area contributed by atoms with E-state index in [-0.39, 0.29) is 0 Å². The van der Waals surface area contributed by atoms with Crippen molar-refractivity contribution in [2.24, 2.45) is 0 Å². The molecule has 4 heteroatoms. The molecule has 2 aromatic rings. The zero-order valence-corrected chi connectivity index (χ0v) is 10.6. The predicted molar refractivity (Wildman–Crippen MR) is 70.2 cm³/mol. The normalized spacial score (nSPS) is 10.6. The van der Waals surface area contributed by atoms with Gasteiger partial charge in [0.05, 0.1) is 5.69 Å². The third kappa shape index (κ3) is 2.61. The average Bonchev–Trinajstić information content (AvgIpc) is 2.69. The number of thiazole rings is 1. The molecule has 0 aliphatic rings. The molecule has 0 saturated carbocycles. The maximum atomic E-state index is 6.16. The SMILES string of the molecule is CNCCc1nc(-c2ccccc2)sc1Cl. The second kappa shape index (κ2) is 5.43. The molecule has 0 saturated heterocycles. The summed E-state index contributed by atoms with van der Waals surface area (Å²) in [4.78, 5) is 4.56. The molecular formula is C12H13ClN2S. The van der Waals surface area contributed by atoms with Gasteiger partial charge in [0.2, 0.25) is 0 Å². The number of nitrogens with one attached hydrogen (secondary N) is 1. The highest BCUT2D eigenvalue weighted by atomic mass is 35.5. The smallest absolute Gasteiger partial charge is 0.125 e. The summed E-state index contributed by atoms with van der Waals surface area (Å²) in [6.07, 6.45) is 0.874. The average molecular weight is 253 g/mol. The maximum absolute atomic E-state index is 6.16. The van der Waals surface area contributed by atoms with Crippen LogP contribution in [0.4, 0.5) is 0 Å². The van der Waals surface area contributed by atoms with Crippen LogP contribution >= 0.6 is 22.9 Å². The molecule has 0 amide bonds. The van der Waals surface area contributed by atoms with E-state index in [0.29, 0.717) is 0 Å². The van der Waals surface area contributed by atoms with Gasteiger partial charge in [0, 0.05) is 18.5 Å². The van der Waals surface area contributed by atoms with Gasteiger partial charge in [0.25, 0.3) is 0 Å². The summed E-state index contributed by atoms with van der Waals surface area (Å²) >= 11 is 7.70. The quantitative estimate of drug-likeness (QED) is 0.904. The lowest BCUT2D eigenvalue weighted by molar-refractivity contribution is 0.781. The first-order chi connectivity index (χ1) is 7.81. The Morgan fingerprint density at radius 3 is 2.75 bits per heavy atom. The van der Waals surface area contributed by atoms with Crippen LogP contribution in [0, 0.1) is 0 Å². The molecule has 0 spiro atoms. The molecule has 84 valence electrons. The third-order valence-corrected chi connectivity index (χ3v) is 3.67. The van der Waals surface area contributed by atoms with Gasteiger partial charge < -0.3 is 5.32 Å². The van der Waals surface area contributed by atoms with Crippen LogP contribution in [-0.4, -0.2) is 18.6 Å². The van der Waals surface area contributed by atoms with E-state index in [9.17, 15) is 0 Å². The van der Waals surface area contributed by atoms with Crippen LogP contribution < -0.4 is 5.32 Å². The summed E-state index contributed by atoms with van der Waals surface area (Å²) in [5, 5.41) is 4.10. The maximum Gasteiger partial charge on any atom is 0.125 e. The summed E-state index contributed by atoms with van der Waals surface area (Å²) in [7, 11) is 1.93. The number of aromatic nitrogens is 1. The number of benzene rings is 1. The molecular weight excluding hydrogens is 240 g/mol. The lowest BCUT2D eigenvalue weighted by Gasteiger charge is -1.96. The largest absolute Gasteiger partial charge is 0.319 e. The summed E-state index contributed by atoms with van der Waals surface area (Å²) in [6, 6.07) is 10.1. The number of nitrogens with zero attached hydrogens (tertiary/aromatic N) is 1. The summed E-state index contributed by atoms with van der Waals surface area (Å²) in [5.41, 5.74) is 2.12. The number of likely N-dealkylation sites (N-methyl/N-ethyl adjacent to an activating group) is 1. The monoisotopic (exact) mass is 252 g/mol. The molecule has 2 rings (SSSR count). The van der Waals surface area contributed by atoms with Crippen molar-refractivity contribution in [2.45, 2.75) is 6.42 Å². The minimum Gasteiger partial charge on any atom is -0.319 e. The van der Waals surface area contributed by atoms with E-state index in [4.69, 9.17) is 11.6 Å². The molecule has 1 heterocycles. The van der Waals surface area contributed by atoms with Crippen molar-refractivity contribution in [1.82, 2.24) is 10.3 Å². The fraction of sp³-hybridized carbons (Fsp3) is 0.250. The van der Waals surface area contributed by atoms with Crippen LogP contribution in [0.2, 0.25) is 4.34 Å². The summed E-state index contributed by atoms with van der Waals surface area (Å²) in [6.45, 7) is 0.900. The van der Waals surface area contributed by atoms with E-state index < -0.39 is 0 Å². The molecule has 0 aliphatic carbocycles. The molecule has 0 fully saturated rings. The van der Waals surface area contributed by atoms with E-state index >= 15 is 0 Å². The van der Waals surface area contributed by atoms with Crippen molar-refractivity contribution in [3.8, 4) is 10.6 Å². The Balaban J connectivity index is 2.24. The van der Waals surface area contributed by atoms with E-state index in [0.717, 1.165) is 33.6 Å². The molecule has 1 N–H and O–H groups in total. The van der Waals surface area contributed by atoms with Gasteiger partial charge in [-0.2, -0.15) is 0 Å². The topological polar surface area (TPSA) is 24.9 Å². The van der Waals surface area contributed by atoms with Gasteiger partial charge in [0.1, 0.15) is 9.34 Å². The fourth-order valence-corrected chi connectivity index (χ4v) is 2.64. The summed E-state index contributed by atoms with van der Waals surface area (Å²) < 4.78 is 0.800. The second-order valence-corrected chi connectivity index (χ2v) is 5.06. The molecule has 1 aromatic heterocycles. The number of hydrogen-bond donors (Lipinski definition) is 1. The Bertz CT molecular complexity index is 453. The van der Waals surface area contributed by atoms with Crippen molar-refractivity contribution in [3.63, 3.8) is 0 Å². The summed E-state index contributed by atoms with van der Waals surface area (Å²) in [5.74, 6) is 0. The molecule has 0 bridgehead atoms. The van der Waals surface area contributed by atoms with Crippen molar-refractivity contribution < 1.29 is 0 Å². The highest BCUT2D eigenvalue weighted by Crippen LogP contribution is 2.31. The standard InChI is InChI=1S/C12H13ClN2S/c1-14-8-7-10-11(13)16-12(15-10)9-5-3-2-4-6-9/h2-6,14H,7-8H2,1H3. The third-order valence-electron chi connectivity index (χ3n) is 2.28. The van der Waals surface area contributed by atoms with Gasteiger partial charge in [0.15, 0.2) is 0 Å². The molecule has 1 aromatic carbocycles. The minimum atomic E-state index is 0.800. The van der Waals surface area contributed by atoms with Crippen LogP contribution in [0.3, 0.4) is 0 Å². The number of rotatable bonds is 4. The highest BCUT2D eigenvalue weighted by molar-refractivity contribution is 7.19. The van der Waals surface area contributed by atoms with E-state index in [2.05, 4.69) is 22.4 Å². The van der Waals surface area contributed by atoms with Crippen LogP contribution in [0.5, 0.6) is 0 Å². The van der Waals surface area contributed by atoms with Crippen LogP contribution in [0.1, 0.15) is 5.69 Å². The van der Waals surface area contributed by atoms with Gasteiger partial charge in [-0.25, -0.2) is 4.98 Å². The first-order valence-corrected chi connectivity index (χ1v) is 6.36. The molecule has 0 unspecified atom stereocenters. The van der Waals surface area contributed by atoms with Gasteiger partial charge in [-0.05, 0) is 7.05 Å². The van der Waals surface area contributed by atoms with E-state index in [1.807, 2.05) is 25.2 Å². The van der Waals surface area contributed by atoms with Gasteiger partial charge in [-0.1, -0.05) is 41.9 Å². The lowest BCUT2D eigenvalue weighted by atomic mass is 10.2. The van der Waals surface area contributed by atoms with Crippen molar-refractivity contribution in [3.05, 3.63) is 40.4 Å². The van der Waals surface area contributed by atoms with Crippen molar-refractivity contribution in [1.29, 1.82) is 0 Å². The predicted octanol–water partition coefficient (Wildman–Crippen LogP) is 3.23. The molecule has 0 radical (unpaired) electrons.